The summed E-state index contributed by atoms with van der Waals surface area (Å²) in [4.78, 5) is 6.94. The first kappa shape index (κ1) is 14.9. The van der Waals surface area contributed by atoms with Crippen LogP contribution in [0.3, 0.4) is 0 Å². The maximum atomic E-state index is 5.97. The summed E-state index contributed by atoms with van der Waals surface area (Å²) in [5.41, 5.74) is 6.28. The number of anilines is 2. The zero-order valence-electron chi connectivity index (χ0n) is 13.1. The molecule has 1 heterocycles. The maximum Gasteiger partial charge on any atom is 0.239 e. The zero-order chi connectivity index (χ0) is 14.8. The molecule has 112 valence electrons. The van der Waals surface area contributed by atoms with Gasteiger partial charge in [-0.1, -0.05) is 6.42 Å². The lowest BCUT2D eigenvalue weighted by molar-refractivity contribution is 0.125. The van der Waals surface area contributed by atoms with Crippen molar-refractivity contribution in [3.63, 3.8) is 0 Å². The van der Waals surface area contributed by atoms with Crippen LogP contribution in [0.25, 0.3) is 0 Å². The molecule has 0 amide bonds. The van der Waals surface area contributed by atoms with E-state index < -0.39 is 0 Å². The van der Waals surface area contributed by atoms with Crippen molar-refractivity contribution in [3.8, 4) is 5.88 Å². The Morgan fingerprint density at radius 2 is 2.05 bits per heavy atom. The lowest BCUT2D eigenvalue weighted by Crippen LogP contribution is -2.33. The Labute approximate surface area is 122 Å². The van der Waals surface area contributed by atoms with Gasteiger partial charge < -0.3 is 15.4 Å². The fraction of sp³-hybridized carbons (Fsp3) is 0.688. The minimum absolute atomic E-state index is 0.287. The van der Waals surface area contributed by atoms with Crippen LogP contribution in [0.4, 0.5) is 11.5 Å². The normalized spacial score (nSPS) is 15.8. The van der Waals surface area contributed by atoms with E-state index >= 15 is 0 Å². The number of aromatic nitrogens is 1. The fourth-order valence-corrected chi connectivity index (χ4v) is 2.36. The molecule has 1 fully saturated rings. The summed E-state index contributed by atoms with van der Waals surface area (Å²) in [6.07, 6.45) is 4.06. The van der Waals surface area contributed by atoms with Gasteiger partial charge in [-0.05, 0) is 58.6 Å². The summed E-state index contributed by atoms with van der Waals surface area (Å²) in [5.74, 6) is 2.33. The molecule has 1 saturated carbocycles. The summed E-state index contributed by atoms with van der Waals surface area (Å²) in [5, 5.41) is 0. The molecule has 1 aliphatic rings. The largest absolute Gasteiger partial charge is 0.470 e. The predicted octanol–water partition coefficient (Wildman–Crippen LogP) is 3.47. The van der Waals surface area contributed by atoms with Crippen LogP contribution in [0.2, 0.25) is 0 Å². The highest BCUT2D eigenvalue weighted by molar-refractivity contribution is 5.54. The monoisotopic (exact) mass is 277 g/mol. The molecule has 4 nitrogen and oxygen atoms in total. The Morgan fingerprint density at radius 3 is 2.55 bits per heavy atom. The Balaban J connectivity index is 2.15. The van der Waals surface area contributed by atoms with Gasteiger partial charge in [0.15, 0.2) is 0 Å². The molecule has 20 heavy (non-hydrogen) atoms. The van der Waals surface area contributed by atoms with Crippen LogP contribution in [0.5, 0.6) is 5.88 Å². The van der Waals surface area contributed by atoms with E-state index in [0.717, 1.165) is 24.8 Å². The topological polar surface area (TPSA) is 51.4 Å². The molecule has 0 radical (unpaired) electrons. The van der Waals surface area contributed by atoms with Crippen molar-refractivity contribution >= 4 is 11.5 Å². The summed E-state index contributed by atoms with van der Waals surface area (Å²) >= 11 is 0. The van der Waals surface area contributed by atoms with Crippen molar-refractivity contribution in [1.82, 2.24) is 4.98 Å². The number of nitrogen functional groups attached to an aromatic ring is 1. The van der Waals surface area contributed by atoms with Gasteiger partial charge in [0.1, 0.15) is 11.4 Å². The van der Waals surface area contributed by atoms with Crippen molar-refractivity contribution in [2.75, 3.05) is 23.7 Å². The molecule has 0 unspecified atom stereocenters. The molecule has 2 rings (SSSR count). The Morgan fingerprint density at radius 1 is 1.35 bits per heavy atom. The third-order valence-electron chi connectivity index (χ3n) is 3.69. The standard InChI is InChI=1S/C16H27N3O/c1-5-19(11-12-7-6-8-12)14-10-9-13(17)15(18-14)20-16(2,3)4/h9-10,12H,5-8,11,17H2,1-4H3. The number of nitrogens with zero attached hydrogens (tertiary/aromatic N) is 2. The van der Waals surface area contributed by atoms with Crippen molar-refractivity contribution in [3.05, 3.63) is 12.1 Å². The highest BCUT2D eigenvalue weighted by Gasteiger charge is 2.22. The average Bonchev–Trinajstić information content (AvgIpc) is 2.30. The van der Waals surface area contributed by atoms with Crippen molar-refractivity contribution in [1.29, 1.82) is 0 Å². The molecule has 0 bridgehead atoms. The zero-order valence-corrected chi connectivity index (χ0v) is 13.1. The molecule has 2 N–H and O–H groups in total. The van der Waals surface area contributed by atoms with E-state index in [9.17, 15) is 0 Å². The smallest absolute Gasteiger partial charge is 0.239 e. The first-order valence-electron chi connectivity index (χ1n) is 7.59. The van der Waals surface area contributed by atoms with Crippen LogP contribution < -0.4 is 15.4 Å². The SMILES string of the molecule is CCN(CC1CCC1)c1ccc(N)c(OC(C)(C)C)n1. The number of rotatable bonds is 5. The predicted molar refractivity (Wildman–Crippen MR) is 84.3 cm³/mol. The molecule has 0 aliphatic heterocycles. The Hall–Kier alpha value is -1.45. The van der Waals surface area contributed by atoms with Gasteiger partial charge in [0, 0.05) is 13.1 Å². The molecule has 0 saturated heterocycles. The van der Waals surface area contributed by atoms with E-state index in [0.29, 0.717) is 11.6 Å². The molecule has 0 spiro atoms. The average molecular weight is 277 g/mol. The summed E-state index contributed by atoms with van der Waals surface area (Å²) < 4.78 is 5.85. The van der Waals surface area contributed by atoms with Crippen molar-refractivity contribution < 1.29 is 4.74 Å². The quantitative estimate of drug-likeness (QED) is 0.895. The second-order valence-corrected chi connectivity index (χ2v) is 6.61. The van der Waals surface area contributed by atoms with E-state index in [1.54, 1.807) is 0 Å². The summed E-state index contributed by atoms with van der Waals surface area (Å²) in [7, 11) is 0. The second kappa shape index (κ2) is 5.90. The van der Waals surface area contributed by atoms with Crippen LogP contribution in [0.15, 0.2) is 12.1 Å². The highest BCUT2D eigenvalue weighted by Crippen LogP contribution is 2.30. The van der Waals surface area contributed by atoms with Crippen molar-refractivity contribution in [2.45, 2.75) is 52.6 Å². The minimum Gasteiger partial charge on any atom is -0.470 e. The lowest BCUT2D eigenvalue weighted by Gasteiger charge is -2.33. The number of nitrogens with two attached hydrogens (primary N) is 1. The van der Waals surface area contributed by atoms with Gasteiger partial charge >= 0.3 is 0 Å². The van der Waals surface area contributed by atoms with E-state index in [1.165, 1.54) is 19.3 Å². The van der Waals surface area contributed by atoms with Gasteiger partial charge in [-0.25, -0.2) is 0 Å². The summed E-state index contributed by atoms with van der Waals surface area (Å²) in [6.45, 7) is 10.2. The first-order chi connectivity index (χ1) is 9.39. The highest BCUT2D eigenvalue weighted by atomic mass is 16.5. The van der Waals surface area contributed by atoms with Crippen LogP contribution in [0.1, 0.15) is 47.0 Å². The minimum atomic E-state index is -0.287. The lowest BCUT2D eigenvalue weighted by atomic mass is 9.85. The van der Waals surface area contributed by atoms with Gasteiger partial charge in [-0.3, -0.25) is 0 Å². The second-order valence-electron chi connectivity index (χ2n) is 6.61. The number of hydrogen-bond donors (Lipinski definition) is 1. The molecule has 0 atom stereocenters. The molecular weight excluding hydrogens is 250 g/mol. The van der Waals surface area contributed by atoms with Crippen LogP contribution in [-0.4, -0.2) is 23.7 Å². The molecule has 0 aromatic carbocycles. The van der Waals surface area contributed by atoms with E-state index in [4.69, 9.17) is 10.5 Å². The molecule has 1 aromatic heterocycles. The van der Waals surface area contributed by atoms with Gasteiger partial charge in [0.2, 0.25) is 5.88 Å². The number of ether oxygens (including phenoxy) is 1. The first-order valence-corrected chi connectivity index (χ1v) is 7.59. The van der Waals surface area contributed by atoms with Gasteiger partial charge in [-0.2, -0.15) is 4.98 Å². The van der Waals surface area contributed by atoms with E-state index in [1.807, 2.05) is 32.9 Å². The number of hydrogen-bond acceptors (Lipinski definition) is 4. The fourth-order valence-electron chi connectivity index (χ4n) is 2.36. The third-order valence-corrected chi connectivity index (χ3v) is 3.69. The third kappa shape index (κ3) is 3.78. The van der Waals surface area contributed by atoms with E-state index in [2.05, 4.69) is 16.8 Å². The van der Waals surface area contributed by atoms with Crippen LogP contribution in [0, 0.1) is 5.92 Å². The molecule has 4 heteroatoms. The molecular formula is C16H27N3O. The maximum absolute atomic E-state index is 5.97. The van der Waals surface area contributed by atoms with Gasteiger partial charge in [0.25, 0.3) is 0 Å². The van der Waals surface area contributed by atoms with Crippen LogP contribution in [-0.2, 0) is 0 Å². The van der Waals surface area contributed by atoms with Gasteiger partial charge in [0.05, 0.1) is 5.69 Å². The van der Waals surface area contributed by atoms with Gasteiger partial charge in [-0.15, -0.1) is 0 Å². The Kier molecular flexibility index (Phi) is 4.41. The Bertz CT molecular complexity index is 450. The molecule has 1 aliphatic carbocycles. The van der Waals surface area contributed by atoms with E-state index in [-0.39, 0.29) is 5.60 Å². The molecule has 1 aromatic rings. The van der Waals surface area contributed by atoms with Crippen molar-refractivity contribution in [2.24, 2.45) is 5.92 Å². The number of pyridine rings is 1. The summed E-state index contributed by atoms with van der Waals surface area (Å²) in [6, 6.07) is 3.89. The van der Waals surface area contributed by atoms with Crippen LogP contribution >= 0.6 is 0 Å².